The number of rotatable bonds is 7. The number of ether oxygens (including phenoxy) is 1. The fraction of sp³-hybridized carbons (Fsp3) is 0.250. The summed E-state index contributed by atoms with van der Waals surface area (Å²) in [4.78, 5) is 14.4. The Kier molecular flexibility index (Phi) is 6.20. The molecule has 2 N–H and O–H groups in total. The monoisotopic (exact) mass is 397 g/mol. The van der Waals surface area contributed by atoms with Gasteiger partial charge in [0.2, 0.25) is 11.1 Å². The topological polar surface area (TPSA) is 86.3 Å². The van der Waals surface area contributed by atoms with Gasteiger partial charge in [-0.2, -0.15) is 0 Å². The van der Waals surface area contributed by atoms with E-state index in [1.54, 1.807) is 19.1 Å². The number of carbonyl (C=O) groups is 1. The Labute approximate surface area is 168 Å². The lowest BCUT2D eigenvalue weighted by molar-refractivity contribution is -0.129. The maximum absolute atomic E-state index is 12.7. The molecule has 1 heterocycles. The maximum Gasteiger partial charge on any atom is 0.235 e. The highest BCUT2D eigenvalue weighted by Crippen LogP contribution is 2.26. The molecule has 1 unspecified atom stereocenters. The second kappa shape index (κ2) is 8.79. The van der Waals surface area contributed by atoms with Crippen LogP contribution in [0.15, 0.2) is 59.8 Å². The number of nitrogens with two attached hydrogens (primary N) is 1. The Bertz CT molecular complexity index is 928. The first kappa shape index (κ1) is 19.8. The van der Waals surface area contributed by atoms with Crippen LogP contribution in [0, 0.1) is 0 Å². The van der Waals surface area contributed by atoms with E-state index in [0.29, 0.717) is 17.5 Å². The number of methoxy groups -OCH3 is 1. The van der Waals surface area contributed by atoms with E-state index in [-0.39, 0.29) is 11.2 Å². The highest BCUT2D eigenvalue weighted by atomic mass is 32.2. The van der Waals surface area contributed by atoms with Crippen LogP contribution in [0.4, 0.5) is 0 Å². The summed E-state index contributed by atoms with van der Waals surface area (Å²) >= 11 is 1.29. The van der Waals surface area contributed by atoms with Gasteiger partial charge < -0.3 is 15.5 Å². The molecule has 2 aromatic carbocycles. The normalized spacial score (nSPS) is 11.8. The van der Waals surface area contributed by atoms with Crippen LogP contribution < -0.4 is 10.6 Å². The van der Waals surface area contributed by atoms with Crippen LogP contribution in [0.25, 0.3) is 11.4 Å². The predicted octanol–water partition coefficient (Wildman–Crippen LogP) is 2.81. The SMILES string of the molecule is COc1ccc(-c2nnc(SC(C)C(=O)N(C)Cc3ccccc3)n2N)cc1. The summed E-state index contributed by atoms with van der Waals surface area (Å²) in [6, 6.07) is 17.3. The smallest absolute Gasteiger partial charge is 0.235 e. The minimum atomic E-state index is -0.344. The minimum absolute atomic E-state index is 0.00264. The molecule has 28 heavy (non-hydrogen) atoms. The van der Waals surface area contributed by atoms with Crippen LogP contribution in [0.5, 0.6) is 5.75 Å². The zero-order valence-corrected chi connectivity index (χ0v) is 16.9. The third-order valence-electron chi connectivity index (χ3n) is 4.28. The van der Waals surface area contributed by atoms with Crippen LogP contribution in [-0.4, -0.2) is 45.1 Å². The van der Waals surface area contributed by atoms with E-state index in [2.05, 4.69) is 10.2 Å². The van der Waals surface area contributed by atoms with Crippen molar-refractivity contribution in [2.45, 2.75) is 23.9 Å². The summed E-state index contributed by atoms with van der Waals surface area (Å²) in [5, 5.41) is 8.46. The molecule has 0 radical (unpaired) electrons. The first-order valence-electron chi connectivity index (χ1n) is 8.80. The van der Waals surface area contributed by atoms with Gasteiger partial charge in [0.05, 0.1) is 12.4 Å². The Hall–Kier alpha value is -3.00. The van der Waals surface area contributed by atoms with E-state index in [4.69, 9.17) is 10.6 Å². The quantitative estimate of drug-likeness (QED) is 0.487. The van der Waals surface area contributed by atoms with Crippen molar-refractivity contribution in [1.29, 1.82) is 0 Å². The van der Waals surface area contributed by atoms with Crippen molar-refractivity contribution in [1.82, 2.24) is 19.8 Å². The maximum atomic E-state index is 12.7. The van der Waals surface area contributed by atoms with E-state index in [9.17, 15) is 4.79 Å². The molecule has 8 heteroatoms. The molecular formula is C20H23N5O2S. The summed E-state index contributed by atoms with van der Waals surface area (Å²) in [6.07, 6.45) is 0. The number of nitrogens with zero attached hydrogens (tertiary/aromatic N) is 4. The standard InChI is InChI=1S/C20H23N5O2S/c1-14(19(26)24(2)13-15-7-5-4-6-8-15)28-20-23-22-18(25(20)21)16-9-11-17(27-3)12-10-16/h4-12,14H,13,21H2,1-3H3. The van der Waals surface area contributed by atoms with E-state index >= 15 is 0 Å². The van der Waals surface area contributed by atoms with E-state index in [1.165, 1.54) is 16.4 Å². The highest BCUT2D eigenvalue weighted by molar-refractivity contribution is 8.00. The van der Waals surface area contributed by atoms with Crippen LogP contribution in [0.2, 0.25) is 0 Å². The van der Waals surface area contributed by atoms with Crippen molar-refractivity contribution < 1.29 is 9.53 Å². The highest BCUT2D eigenvalue weighted by Gasteiger charge is 2.22. The molecule has 3 aromatic rings. The molecule has 0 aliphatic heterocycles. The number of nitrogen functional groups attached to an aromatic ring is 1. The molecule has 1 amide bonds. The van der Waals surface area contributed by atoms with Gasteiger partial charge in [0, 0.05) is 19.2 Å². The predicted molar refractivity (Wildman–Crippen MR) is 110 cm³/mol. The molecular weight excluding hydrogens is 374 g/mol. The average molecular weight is 398 g/mol. The first-order chi connectivity index (χ1) is 13.5. The molecule has 0 spiro atoms. The van der Waals surface area contributed by atoms with Crippen molar-refractivity contribution in [2.75, 3.05) is 20.0 Å². The molecule has 146 valence electrons. The molecule has 0 saturated heterocycles. The van der Waals surface area contributed by atoms with Gasteiger partial charge in [-0.1, -0.05) is 42.1 Å². The molecule has 0 aliphatic carbocycles. The Morgan fingerprint density at radius 1 is 1.18 bits per heavy atom. The molecule has 0 saturated carbocycles. The van der Waals surface area contributed by atoms with Gasteiger partial charge in [-0.3, -0.25) is 4.79 Å². The van der Waals surface area contributed by atoms with Gasteiger partial charge in [0.25, 0.3) is 0 Å². The lowest BCUT2D eigenvalue weighted by atomic mass is 10.2. The molecule has 0 fully saturated rings. The third kappa shape index (κ3) is 4.45. The minimum Gasteiger partial charge on any atom is -0.497 e. The zero-order valence-electron chi connectivity index (χ0n) is 16.1. The van der Waals surface area contributed by atoms with E-state index in [0.717, 1.165) is 16.9 Å². The Balaban J connectivity index is 1.67. The van der Waals surface area contributed by atoms with Crippen LogP contribution in [0.1, 0.15) is 12.5 Å². The van der Waals surface area contributed by atoms with Crippen molar-refractivity contribution in [3.63, 3.8) is 0 Å². The largest absolute Gasteiger partial charge is 0.497 e. The Morgan fingerprint density at radius 3 is 2.50 bits per heavy atom. The van der Waals surface area contributed by atoms with Gasteiger partial charge in [0.1, 0.15) is 5.75 Å². The fourth-order valence-corrected chi connectivity index (χ4v) is 3.63. The van der Waals surface area contributed by atoms with Crippen LogP contribution in [-0.2, 0) is 11.3 Å². The fourth-order valence-electron chi connectivity index (χ4n) is 2.75. The number of amides is 1. The summed E-state index contributed by atoms with van der Waals surface area (Å²) in [5.41, 5.74) is 1.90. The summed E-state index contributed by atoms with van der Waals surface area (Å²) < 4.78 is 6.57. The number of aromatic nitrogens is 3. The van der Waals surface area contributed by atoms with Gasteiger partial charge in [-0.25, -0.2) is 4.68 Å². The third-order valence-corrected chi connectivity index (χ3v) is 5.33. The van der Waals surface area contributed by atoms with Crippen LogP contribution >= 0.6 is 11.8 Å². The number of hydrogen-bond donors (Lipinski definition) is 1. The van der Waals surface area contributed by atoms with Crippen molar-refractivity contribution >= 4 is 17.7 Å². The number of benzene rings is 2. The van der Waals surface area contributed by atoms with Crippen molar-refractivity contribution in [3.8, 4) is 17.1 Å². The molecule has 1 atom stereocenters. The summed E-state index contributed by atoms with van der Waals surface area (Å²) in [6.45, 7) is 2.40. The molecule has 1 aromatic heterocycles. The van der Waals surface area contributed by atoms with Gasteiger partial charge >= 0.3 is 0 Å². The van der Waals surface area contributed by atoms with Gasteiger partial charge in [-0.05, 0) is 36.8 Å². The number of carbonyl (C=O) groups excluding carboxylic acids is 1. The Morgan fingerprint density at radius 2 is 1.86 bits per heavy atom. The lowest BCUT2D eigenvalue weighted by Crippen LogP contribution is -2.33. The van der Waals surface area contributed by atoms with Crippen molar-refractivity contribution in [2.24, 2.45) is 0 Å². The summed E-state index contributed by atoms with van der Waals surface area (Å²) in [7, 11) is 3.41. The second-order valence-corrected chi connectivity index (χ2v) is 7.65. The van der Waals surface area contributed by atoms with E-state index in [1.807, 2.05) is 61.5 Å². The van der Waals surface area contributed by atoms with E-state index < -0.39 is 0 Å². The second-order valence-electron chi connectivity index (χ2n) is 6.34. The van der Waals surface area contributed by atoms with Crippen LogP contribution in [0.3, 0.4) is 0 Å². The zero-order chi connectivity index (χ0) is 20.1. The first-order valence-corrected chi connectivity index (χ1v) is 9.68. The molecule has 3 rings (SSSR count). The number of hydrogen-bond acceptors (Lipinski definition) is 6. The molecule has 0 aliphatic rings. The molecule has 0 bridgehead atoms. The van der Waals surface area contributed by atoms with Gasteiger partial charge in [-0.15, -0.1) is 10.2 Å². The lowest BCUT2D eigenvalue weighted by Gasteiger charge is -2.21. The number of thioether (sulfide) groups is 1. The van der Waals surface area contributed by atoms with Crippen molar-refractivity contribution in [3.05, 3.63) is 60.2 Å². The molecule has 7 nitrogen and oxygen atoms in total. The van der Waals surface area contributed by atoms with Gasteiger partial charge in [0.15, 0.2) is 5.82 Å². The summed E-state index contributed by atoms with van der Waals surface area (Å²) in [5.74, 6) is 7.45. The average Bonchev–Trinajstić information content (AvgIpc) is 3.08.